The second kappa shape index (κ2) is 6.99. The molecule has 0 aromatic heterocycles. The standard InChI is InChI=1S/C30H44O4/c1-16(2)17-10-14-30(26(32)33-7)15-11-19-18(22(17)30)8-9-21-28(19,5)13-12-20-27(3,4)24(31)23-25(34-23)29(20,21)6/h11,16-18,20-23,25H,8-10,12-15H2,1-7H3/t17?,18?,20?,21?,22?,23-,25-,28?,29?,30?/m0/s1. The van der Waals surface area contributed by atoms with Gasteiger partial charge in [-0.2, -0.15) is 0 Å². The summed E-state index contributed by atoms with van der Waals surface area (Å²) in [5.74, 6) is 3.34. The van der Waals surface area contributed by atoms with E-state index in [1.165, 1.54) is 6.42 Å². The maximum absolute atomic E-state index is 13.3. The molecule has 4 heteroatoms. The van der Waals surface area contributed by atoms with Crippen LogP contribution in [0.15, 0.2) is 11.6 Å². The Balaban J connectivity index is 1.42. The highest BCUT2D eigenvalue weighted by atomic mass is 16.6. The third kappa shape index (κ3) is 2.55. The Kier molecular flexibility index (Phi) is 4.78. The third-order valence-electron chi connectivity index (χ3n) is 12.5. The molecule has 6 rings (SSSR count). The van der Waals surface area contributed by atoms with Crippen molar-refractivity contribution >= 4 is 11.8 Å². The molecule has 8 unspecified atom stereocenters. The van der Waals surface area contributed by atoms with Crippen molar-refractivity contribution < 1.29 is 19.1 Å². The predicted octanol–water partition coefficient (Wildman–Crippen LogP) is 5.98. The number of methoxy groups -OCH3 is 1. The number of Topliss-reactive ketones (excluding diaryl/α,β-unsaturated/α-hetero) is 1. The normalized spacial score (nSPS) is 52.5. The fraction of sp³-hybridized carbons (Fsp3) is 0.867. The number of allylic oxidation sites excluding steroid dienone is 2. The zero-order chi connectivity index (χ0) is 24.4. The van der Waals surface area contributed by atoms with E-state index in [9.17, 15) is 9.59 Å². The summed E-state index contributed by atoms with van der Waals surface area (Å²) in [5.41, 5.74) is 1.19. The maximum Gasteiger partial charge on any atom is 0.312 e. The average molecular weight is 469 g/mol. The molecular formula is C30H44O4. The molecular weight excluding hydrogens is 424 g/mol. The zero-order valence-corrected chi connectivity index (χ0v) is 22.3. The van der Waals surface area contributed by atoms with Gasteiger partial charge in [0.05, 0.1) is 18.6 Å². The van der Waals surface area contributed by atoms with E-state index < -0.39 is 0 Å². The summed E-state index contributed by atoms with van der Waals surface area (Å²) in [7, 11) is 1.58. The number of esters is 1. The van der Waals surface area contributed by atoms with Crippen molar-refractivity contribution in [2.75, 3.05) is 7.11 Å². The minimum Gasteiger partial charge on any atom is -0.469 e. The van der Waals surface area contributed by atoms with Gasteiger partial charge in [-0.3, -0.25) is 9.59 Å². The monoisotopic (exact) mass is 468 g/mol. The van der Waals surface area contributed by atoms with E-state index in [2.05, 4.69) is 47.6 Å². The lowest BCUT2D eigenvalue weighted by Gasteiger charge is -2.65. The molecule has 34 heavy (non-hydrogen) atoms. The first kappa shape index (κ1) is 23.3. The van der Waals surface area contributed by atoms with Crippen LogP contribution in [0.3, 0.4) is 0 Å². The molecule has 6 aliphatic rings. The molecule has 0 N–H and O–H groups in total. The molecule has 5 aliphatic carbocycles. The molecule has 4 nitrogen and oxygen atoms in total. The summed E-state index contributed by atoms with van der Waals surface area (Å²) in [5, 5.41) is 0. The van der Waals surface area contributed by atoms with E-state index in [0.717, 1.165) is 38.5 Å². The topological polar surface area (TPSA) is 55.9 Å². The van der Waals surface area contributed by atoms with Gasteiger partial charge < -0.3 is 9.47 Å². The lowest BCUT2D eigenvalue weighted by molar-refractivity contribution is -0.163. The Morgan fingerprint density at radius 3 is 2.47 bits per heavy atom. The molecule has 4 saturated carbocycles. The van der Waals surface area contributed by atoms with Crippen LogP contribution in [0.5, 0.6) is 0 Å². The highest BCUT2D eigenvalue weighted by Crippen LogP contribution is 2.74. The SMILES string of the molecule is COC(=O)C12CC=C3C(CCC4C3(C)CCC3C(C)(C)C(=O)[C@@H]5O[C@@H]5C34C)C1C(C(C)C)CC2. The fourth-order valence-electron chi connectivity index (χ4n) is 11.0. The molecule has 0 amide bonds. The van der Waals surface area contributed by atoms with Crippen molar-refractivity contribution in [3.63, 3.8) is 0 Å². The molecule has 10 atom stereocenters. The van der Waals surface area contributed by atoms with E-state index in [1.807, 2.05) is 0 Å². The summed E-state index contributed by atoms with van der Waals surface area (Å²) in [6.07, 6.45) is 9.97. The van der Waals surface area contributed by atoms with E-state index in [-0.39, 0.29) is 39.8 Å². The van der Waals surface area contributed by atoms with Gasteiger partial charge in [-0.25, -0.2) is 0 Å². The van der Waals surface area contributed by atoms with Crippen LogP contribution in [-0.2, 0) is 19.1 Å². The van der Waals surface area contributed by atoms with Crippen LogP contribution >= 0.6 is 0 Å². The lowest BCUT2D eigenvalue weighted by Crippen LogP contribution is -2.63. The third-order valence-corrected chi connectivity index (χ3v) is 12.5. The van der Waals surface area contributed by atoms with Crippen molar-refractivity contribution in [3.8, 4) is 0 Å². The fourth-order valence-corrected chi connectivity index (χ4v) is 11.0. The highest BCUT2D eigenvalue weighted by molar-refractivity contribution is 5.92. The summed E-state index contributed by atoms with van der Waals surface area (Å²) in [6, 6.07) is 0. The van der Waals surface area contributed by atoms with Crippen LogP contribution in [0.4, 0.5) is 0 Å². The molecule has 1 saturated heterocycles. The number of epoxide rings is 1. The van der Waals surface area contributed by atoms with E-state index in [1.54, 1.807) is 12.7 Å². The summed E-state index contributed by atoms with van der Waals surface area (Å²) < 4.78 is 11.6. The molecule has 5 fully saturated rings. The quantitative estimate of drug-likeness (QED) is 0.284. The summed E-state index contributed by atoms with van der Waals surface area (Å²) in [4.78, 5) is 26.4. The number of fused-ring (bicyclic) bond motifs is 9. The van der Waals surface area contributed by atoms with Crippen LogP contribution in [0.25, 0.3) is 0 Å². The van der Waals surface area contributed by atoms with Crippen LogP contribution in [0, 0.1) is 57.2 Å². The predicted molar refractivity (Wildman–Crippen MR) is 131 cm³/mol. The first-order chi connectivity index (χ1) is 15.9. The van der Waals surface area contributed by atoms with Gasteiger partial charge in [0.15, 0.2) is 5.78 Å². The molecule has 1 aliphatic heterocycles. The van der Waals surface area contributed by atoms with Crippen LogP contribution in [0.1, 0.15) is 86.5 Å². The maximum atomic E-state index is 13.3. The van der Waals surface area contributed by atoms with Crippen molar-refractivity contribution in [1.82, 2.24) is 0 Å². The van der Waals surface area contributed by atoms with Gasteiger partial charge in [0.25, 0.3) is 0 Å². The second-order valence-electron chi connectivity index (χ2n) is 14.2. The van der Waals surface area contributed by atoms with E-state index in [4.69, 9.17) is 9.47 Å². The number of hydrogen-bond donors (Lipinski definition) is 0. The molecule has 1 heterocycles. The van der Waals surface area contributed by atoms with E-state index in [0.29, 0.717) is 41.3 Å². The molecule has 0 bridgehead atoms. The first-order valence-electron chi connectivity index (χ1n) is 13.9. The average Bonchev–Trinajstić information content (AvgIpc) is 3.50. The van der Waals surface area contributed by atoms with Crippen molar-refractivity contribution in [1.29, 1.82) is 0 Å². The van der Waals surface area contributed by atoms with Gasteiger partial charge >= 0.3 is 5.97 Å². The molecule has 188 valence electrons. The van der Waals surface area contributed by atoms with Crippen molar-refractivity contribution in [3.05, 3.63) is 11.6 Å². The Morgan fingerprint density at radius 1 is 1.06 bits per heavy atom. The Labute approximate surface area is 205 Å². The van der Waals surface area contributed by atoms with Gasteiger partial charge in [0.2, 0.25) is 0 Å². The second-order valence-corrected chi connectivity index (χ2v) is 14.2. The van der Waals surface area contributed by atoms with Crippen LogP contribution in [-0.4, -0.2) is 31.1 Å². The minimum absolute atomic E-state index is 0.0284. The number of ketones is 1. The van der Waals surface area contributed by atoms with Crippen molar-refractivity contribution in [2.45, 2.75) is 98.7 Å². The largest absolute Gasteiger partial charge is 0.469 e. The minimum atomic E-state index is -0.327. The number of rotatable bonds is 2. The molecule has 0 aromatic carbocycles. The molecule has 0 aromatic rings. The number of carbonyl (C=O) groups excluding carboxylic acids is 2. The van der Waals surface area contributed by atoms with Gasteiger partial charge in [-0.15, -0.1) is 0 Å². The summed E-state index contributed by atoms with van der Waals surface area (Å²) in [6.45, 7) is 14.1. The highest BCUT2D eigenvalue weighted by Gasteiger charge is 2.75. The lowest BCUT2D eigenvalue weighted by atomic mass is 9.38. The van der Waals surface area contributed by atoms with Crippen molar-refractivity contribution in [2.24, 2.45) is 57.2 Å². The first-order valence-corrected chi connectivity index (χ1v) is 13.9. The zero-order valence-electron chi connectivity index (χ0n) is 22.3. The smallest absolute Gasteiger partial charge is 0.312 e. The number of ether oxygens (including phenoxy) is 2. The Hall–Kier alpha value is -1.16. The van der Waals surface area contributed by atoms with E-state index >= 15 is 0 Å². The number of hydrogen-bond acceptors (Lipinski definition) is 4. The molecule has 0 spiro atoms. The van der Waals surface area contributed by atoms with Crippen LogP contribution < -0.4 is 0 Å². The van der Waals surface area contributed by atoms with Gasteiger partial charge in [-0.1, -0.05) is 53.2 Å². The summed E-state index contributed by atoms with van der Waals surface area (Å²) >= 11 is 0. The van der Waals surface area contributed by atoms with Gasteiger partial charge in [0.1, 0.15) is 6.10 Å². The van der Waals surface area contributed by atoms with Gasteiger partial charge in [-0.05, 0) is 85.9 Å². The van der Waals surface area contributed by atoms with Crippen LogP contribution in [0.2, 0.25) is 0 Å². The Morgan fingerprint density at radius 2 is 1.79 bits per heavy atom. The molecule has 0 radical (unpaired) electrons. The number of carbonyl (C=O) groups is 2. The van der Waals surface area contributed by atoms with Gasteiger partial charge in [0, 0.05) is 10.8 Å². The Bertz CT molecular complexity index is 963.